The van der Waals surface area contributed by atoms with Crippen molar-refractivity contribution in [2.24, 2.45) is 18.7 Å². The average Bonchev–Trinajstić information content (AvgIpc) is 2.99. The van der Waals surface area contributed by atoms with Gasteiger partial charge in [-0.1, -0.05) is 12.2 Å². The van der Waals surface area contributed by atoms with E-state index in [-0.39, 0.29) is 5.95 Å². The van der Waals surface area contributed by atoms with Gasteiger partial charge in [-0.3, -0.25) is 9.48 Å². The Kier molecular flexibility index (Phi) is 5.02. The number of alkyl halides is 3. The summed E-state index contributed by atoms with van der Waals surface area (Å²) in [4.78, 5) is 19.3. The van der Waals surface area contributed by atoms with Gasteiger partial charge in [0.25, 0.3) is 0 Å². The Hall–Kier alpha value is -3.11. The van der Waals surface area contributed by atoms with Gasteiger partial charge in [0.2, 0.25) is 11.9 Å². The van der Waals surface area contributed by atoms with E-state index in [9.17, 15) is 18.0 Å². The molecule has 2 heterocycles. The van der Waals surface area contributed by atoms with Crippen molar-refractivity contribution in [3.63, 3.8) is 0 Å². The number of carbonyl (C=O) groups is 1. The molecule has 144 valence electrons. The van der Waals surface area contributed by atoms with Crippen molar-refractivity contribution in [1.29, 1.82) is 0 Å². The minimum atomic E-state index is -4.65. The quantitative estimate of drug-likeness (QED) is 0.685. The summed E-state index contributed by atoms with van der Waals surface area (Å²) in [5.74, 6) is -1.63. The molecule has 2 atom stereocenters. The van der Waals surface area contributed by atoms with Gasteiger partial charge in [0.15, 0.2) is 0 Å². The molecule has 0 spiro atoms. The molecule has 0 radical (unpaired) electrons. The van der Waals surface area contributed by atoms with Crippen LogP contribution in [0.4, 0.5) is 30.6 Å². The average molecular weight is 381 g/mol. The molecule has 0 fully saturated rings. The molecule has 27 heavy (non-hydrogen) atoms. The molecule has 1 amide bonds. The molecule has 3 rings (SSSR count). The second-order valence-electron chi connectivity index (χ2n) is 6.18. The van der Waals surface area contributed by atoms with Crippen molar-refractivity contribution in [3.05, 3.63) is 36.3 Å². The fourth-order valence-corrected chi connectivity index (χ4v) is 2.84. The monoisotopic (exact) mass is 381 g/mol. The molecule has 4 N–H and O–H groups in total. The van der Waals surface area contributed by atoms with Gasteiger partial charge in [-0.05, 0) is 12.8 Å². The molecule has 2 aromatic heterocycles. The predicted molar refractivity (Wildman–Crippen MR) is 92.0 cm³/mol. The molecule has 8 nitrogen and oxygen atoms in total. The van der Waals surface area contributed by atoms with Crippen LogP contribution >= 0.6 is 0 Å². The number of aryl methyl sites for hydroxylation is 1. The van der Waals surface area contributed by atoms with Gasteiger partial charge < -0.3 is 16.4 Å². The number of aromatic nitrogens is 4. The van der Waals surface area contributed by atoms with Crippen LogP contribution in [0.5, 0.6) is 0 Å². The number of hydrogen-bond donors (Lipinski definition) is 3. The number of carbonyl (C=O) groups excluding carboxylic acids is 1. The maximum absolute atomic E-state index is 13.4. The molecule has 0 aromatic carbocycles. The molecule has 0 saturated heterocycles. The zero-order chi connectivity index (χ0) is 19.6. The van der Waals surface area contributed by atoms with Crippen LogP contribution in [0.1, 0.15) is 18.4 Å². The number of anilines is 3. The Labute approximate surface area is 152 Å². The van der Waals surface area contributed by atoms with Gasteiger partial charge in [-0.15, -0.1) is 0 Å². The molecule has 0 aliphatic heterocycles. The standard InChI is InChI=1S/C16H18F3N7O/c1-26-8-9(6-22-26)23-15-21-7-11(16(17,18)19)14(25-15)24-12-5-3-2-4-10(12)13(20)27/h2-3,6-8,10,12H,4-5H2,1H3,(H2,20,27)(H2,21,23,24,25)/t10-,12+/m1/s1. The fourth-order valence-electron chi connectivity index (χ4n) is 2.84. The Morgan fingerprint density at radius 2 is 2.04 bits per heavy atom. The number of allylic oxidation sites excluding steroid dienone is 1. The second-order valence-corrected chi connectivity index (χ2v) is 6.18. The summed E-state index contributed by atoms with van der Waals surface area (Å²) in [6.07, 6.45) is 3.47. The first-order chi connectivity index (χ1) is 12.7. The largest absolute Gasteiger partial charge is 0.421 e. The highest BCUT2D eigenvalue weighted by Crippen LogP contribution is 2.35. The molecule has 0 saturated carbocycles. The van der Waals surface area contributed by atoms with Crippen LogP contribution in [0.3, 0.4) is 0 Å². The summed E-state index contributed by atoms with van der Waals surface area (Å²) < 4.78 is 41.6. The summed E-state index contributed by atoms with van der Waals surface area (Å²) in [5.41, 5.74) is 4.89. The van der Waals surface area contributed by atoms with E-state index in [2.05, 4.69) is 25.7 Å². The summed E-state index contributed by atoms with van der Waals surface area (Å²) in [5, 5.41) is 9.49. The Balaban J connectivity index is 1.91. The molecule has 2 aromatic rings. The van der Waals surface area contributed by atoms with Gasteiger partial charge >= 0.3 is 6.18 Å². The molecule has 0 bridgehead atoms. The highest BCUT2D eigenvalue weighted by atomic mass is 19.4. The van der Waals surface area contributed by atoms with Crippen molar-refractivity contribution < 1.29 is 18.0 Å². The first kappa shape index (κ1) is 18.7. The Bertz CT molecular complexity index is 862. The van der Waals surface area contributed by atoms with E-state index in [1.165, 1.54) is 10.9 Å². The molecule has 1 aliphatic carbocycles. The van der Waals surface area contributed by atoms with Gasteiger partial charge in [0.1, 0.15) is 11.4 Å². The normalized spacial score (nSPS) is 19.7. The zero-order valence-corrected chi connectivity index (χ0v) is 14.4. The number of primary amides is 1. The molecular weight excluding hydrogens is 363 g/mol. The van der Waals surface area contributed by atoms with Crippen molar-refractivity contribution in [2.45, 2.75) is 25.1 Å². The molecule has 1 aliphatic rings. The van der Waals surface area contributed by atoms with Gasteiger partial charge in [0, 0.05) is 25.5 Å². The second kappa shape index (κ2) is 7.25. The zero-order valence-electron chi connectivity index (χ0n) is 14.4. The minimum absolute atomic E-state index is 0.0273. The maximum Gasteiger partial charge on any atom is 0.421 e. The van der Waals surface area contributed by atoms with E-state index >= 15 is 0 Å². The van der Waals surface area contributed by atoms with Gasteiger partial charge in [-0.2, -0.15) is 23.3 Å². The lowest BCUT2D eigenvalue weighted by atomic mass is 9.88. The van der Waals surface area contributed by atoms with Gasteiger partial charge in [0.05, 0.1) is 17.8 Å². The van der Waals surface area contributed by atoms with E-state index in [1.54, 1.807) is 25.4 Å². The minimum Gasteiger partial charge on any atom is -0.369 e. The number of hydrogen-bond acceptors (Lipinski definition) is 6. The topological polar surface area (TPSA) is 111 Å². The van der Waals surface area contributed by atoms with Crippen LogP contribution in [0.15, 0.2) is 30.7 Å². The summed E-state index contributed by atoms with van der Waals surface area (Å²) in [6.45, 7) is 0. The third-order valence-corrected chi connectivity index (χ3v) is 4.18. The molecule has 11 heteroatoms. The Morgan fingerprint density at radius 3 is 2.67 bits per heavy atom. The number of halogens is 3. The third-order valence-electron chi connectivity index (χ3n) is 4.18. The summed E-state index contributed by atoms with van der Waals surface area (Å²) >= 11 is 0. The van der Waals surface area contributed by atoms with Crippen LogP contribution in [0.2, 0.25) is 0 Å². The van der Waals surface area contributed by atoms with Crippen LogP contribution in [-0.4, -0.2) is 31.7 Å². The smallest absolute Gasteiger partial charge is 0.369 e. The molecule has 0 unspecified atom stereocenters. The summed E-state index contributed by atoms with van der Waals surface area (Å²) in [7, 11) is 1.70. The van der Waals surface area contributed by atoms with E-state index in [0.29, 0.717) is 24.7 Å². The van der Waals surface area contributed by atoms with Crippen LogP contribution in [0, 0.1) is 5.92 Å². The lowest BCUT2D eigenvalue weighted by Gasteiger charge is -2.28. The highest BCUT2D eigenvalue weighted by Gasteiger charge is 2.37. The van der Waals surface area contributed by atoms with Crippen LogP contribution in [-0.2, 0) is 18.0 Å². The van der Waals surface area contributed by atoms with E-state index in [0.717, 1.165) is 0 Å². The lowest BCUT2D eigenvalue weighted by molar-refractivity contribution is -0.137. The van der Waals surface area contributed by atoms with E-state index in [1.807, 2.05) is 0 Å². The highest BCUT2D eigenvalue weighted by molar-refractivity contribution is 5.78. The summed E-state index contributed by atoms with van der Waals surface area (Å²) in [6, 6.07) is -0.588. The van der Waals surface area contributed by atoms with Crippen molar-refractivity contribution >= 4 is 23.4 Å². The van der Waals surface area contributed by atoms with Crippen LogP contribution < -0.4 is 16.4 Å². The number of nitrogens with zero attached hydrogens (tertiary/aromatic N) is 4. The molecular formula is C16H18F3N7O. The first-order valence-electron chi connectivity index (χ1n) is 8.15. The fraction of sp³-hybridized carbons (Fsp3) is 0.375. The predicted octanol–water partition coefficient (Wildman–Crippen LogP) is 2.20. The lowest BCUT2D eigenvalue weighted by Crippen LogP contribution is -2.40. The van der Waals surface area contributed by atoms with Crippen molar-refractivity contribution in [1.82, 2.24) is 19.7 Å². The Morgan fingerprint density at radius 1 is 1.30 bits per heavy atom. The van der Waals surface area contributed by atoms with E-state index < -0.39 is 35.4 Å². The first-order valence-corrected chi connectivity index (χ1v) is 8.15. The SMILES string of the molecule is Cn1cc(Nc2ncc(C(F)(F)F)c(N[C@H]3CC=CC[C@H]3C(N)=O)n2)cn1. The van der Waals surface area contributed by atoms with Crippen molar-refractivity contribution in [2.75, 3.05) is 10.6 Å². The van der Waals surface area contributed by atoms with Crippen LogP contribution in [0.25, 0.3) is 0 Å². The third kappa shape index (κ3) is 4.36. The number of nitrogens with one attached hydrogen (secondary N) is 2. The number of amides is 1. The van der Waals surface area contributed by atoms with Crippen molar-refractivity contribution in [3.8, 4) is 0 Å². The number of nitrogens with two attached hydrogens (primary N) is 1. The van der Waals surface area contributed by atoms with Gasteiger partial charge in [-0.25, -0.2) is 4.98 Å². The van der Waals surface area contributed by atoms with E-state index in [4.69, 9.17) is 5.73 Å². The number of rotatable bonds is 5. The maximum atomic E-state index is 13.4.